The molecule has 0 unspecified atom stereocenters. The third kappa shape index (κ3) is 2.95. The molecule has 0 amide bonds. The molecule has 0 aliphatic heterocycles. The van der Waals surface area contributed by atoms with Gasteiger partial charge in [0, 0.05) is 24.0 Å². The highest BCUT2D eigenvalue weighted by molar-refractivity contribution is 6.24. The number of carbonyl (C=O) groups is 1. The maximum Gasteiger partial charge on any atom is 0.276 e. The van der Waals surface area contributed by atoms with Gasteiger partial charge in [-0.2, -0.15) is 0 Å². The van der Waals surface area contributed by atoms with Crippen molar-refractivity contribution in [3.8, 4) is 0 Å². The number of ketones is 1. The molecule has 0 spiro atoms. The van der Waals surface area contributed by atoms with Crippen molar-refractivity contribution < 1.29 is 9.72 Å². The van der Waals surface area contributed by atoms with E-state index in [-0.39, 0.29) is 11.5 Å². The highest BCUT2D eigenvalue weighted by atomic mass is 16.6. The average molecular weight is 268 g/mol. The highest BCUT2D eigenvalue weighted by Gasteiger charge is 2.13. The van der Waals surface area contributed by atoms with E-state index in [0.717, 1.165) is 0 Å². The fourth-order valence-electron chi connectivity index (χ4n) is 1.85. The molecule has 20 heavy (non-hydrogen) atoms. The Bertz CT molecular complexity index is 679. The van der Waals surface area contributed by atoms with Crippen LogP contribution < -0.4 is 0 Å². The van der Waals surface area contributed by atoms with Crippen molar-refractivity contribution in [3.63, 3.8) is 0 Å². The van der Waals surface area contributed by atoms with Gasteiger partial charge >= 0.3 is 0 Å². The maximum atomic E-state index is 11.8. The number of hydrogen-bond donors (Lipinski definition) is 0. The van der Waals surface area contributed by atoms with E-state index < -0.39 is 4.92 Å². The van der Waals surface area contributed by atoms with Crippen LogP contribution >= 0.6 is 0 Å². The number of Topliss-reactive ketones (excluding diaryl/α,β-unsaturated/α-hetero) is 1. The molecule has 0 radical (unpaired) electrons. The Labute approximate surface area is 115 Å². The van der Waals surface area contributed by atoms with Gasteiger partial charge in [-0.1, -0.05) is 12.1 Å². The Morgan fingerprint density at radius 2 is 1.85 bits per heavy atom. The molecule has 0 saturated carbocycles. The molecule has 0 aliphatic rings. The van der Waals surface area contributed by atoms with Gasteiger partial charge in [0.15, 0.2) is 5.78 Å². The lowest BCUT2D eigenvalue weighted by atomic mass is 10.00. The zero-order chi connectivity index (χ0) is 14.5. The van der Waals surface area contributed by atoms with Crippen LogP contribution in [0.25, 0.3) is 11.6 Å². The number of rotatable bonds is 4. The molecular weight excluding hydrogens is 256 g/mol. The van der Waals surface area contributed by atoms with Crippen LogP contribution in [0.1, 0.15) is 18.1 Å². The maximum absolute atomic E-state index is 11.8. The molecule has 1 aromatic carbocycles. The normalized spacial score (nSPS) is 11.2. The van der Waals surface area contributed by atoms with E-state index in [1.165, 1.54) is 19.1 Å². The van der Waals surface area contributed by atoms with Gasteiger partial charge in [0.1, 0.15) is 0 Å². The van der Waals surface area contributed by atoms with Crippen LogP contribution in [0.15, 0.2) is 48.8 Å². The summed E-state index contributed by atoms with van der Waals surface area (Å²) in [4.78, 5) is 26.2. The number of benzene rings is 1. The second kappa shape index (κ2) is 5.88. The van der Waals surface area contributed by atoms with Gasteiger partial charge in [-0.05, 0) is 36.8 Å². The Morgan fingerprint density at radius 3 is 2.45 bits per heavy atom. The van der Waals surface area contributed by atoms with Gasteiger partial charge in [0.2, 0.25) is 0 Å². The van der Waals surface area contributed by atoms with E-state index in [1.54, 1.807) is 42.7 Å². The molecule has 1 heterocycles. The van der Waals surface area contributed by atoms with Crippen molar-refractivity contribution in [2.45, 2.75) is 6.92 Å². The number of aromatic nitrogens is 1. The Hall–Kier alpha value is -2.82. The van der Waals surface area contributed by atoms with Crippen LogP contribution in [-0.4, -0.2) is 15.7 Å². The topological polar surface area (TPSA) is 73.1 Å². The standard InChI is InChI=1S/C15H12N2O3/c1-11(18)14(12-6-8-16-9-7-12)10-13-4-2-3-5-15(13)17(19)20/h2-10H,1H3/b14-10-. The Kier molecular flexibility index (Phi) is 4.00. The molecule has 2 aromatic rings. The first kappa shape index (κ1) is 13.6. The van der Waals surface area contributed by atoms with Gasteiger partial charge < -0.3 is 0 Å². The lowest BCUT2D eigenvalue weighted by molar-refractivity contribution is -0.385. The van der Waals surface area contributed by atoms with Crippen LogP contribution in [0.2, 0.25) is 0 Å². The number of pyridine rings is 1. The molecular formula is C15H12N2O3. The Balaban J connectivity index is 2.56. The fourth-order valence-corrected chi connectivity index (χ4v) is 1.85. The van der Waals surface area contributed by atoms with Crippen molar-refractivity contribution in [1.82, 2.24) is 4.98 Å². The van der Waals surface area contributed by atoms with Crippen molar-refractivity contribution in [2.75, 3.05) is 0 Å². The van der Waals surface area contributed by atoms with Crippen molar-refractivity contribution in [3.05, 3.63) is 70.0 Å². The second-order valence-corrected chi connectivity index (χ2v) is 4.17. The Morgan fingerprint density at radius 1 is 1.20 bits per heavy atom. The van der Waals surface area contributed by atoms with E-state index in [2.05, 4.69) is 4.98 Å². The number of carbonyl (C=O) groups excluding carboxylic acids is 1. The molecule has 5 heteroatoms. The number of nitro benzene ring substituents is 1. The number of hydrogen-bond acceptors (Lipinski definition) is 4. The molecule has 0 saturated heterocycles. The van der Waals surface area contributed by atoms with Crippen molar-refractivity contribution >= 4 is 23.1 Å². The summed E-state index contributed by atoms with van der Waals surface area (Å²) in [6.45, 7) is 1.43. The summed E-state index contributed by atoms with van der Waals surface area (Å²) in [6, 6.07) is 9.71. The summed E-state index contributed by atoms with van der Waals surface area (Å²) in [6.07, 6.45) is 4.69. The molecule has 0 atom stereocenters. The zero-order valence-corrected chi connectivity index (χ0v) is 10.8. The predicted octanol–water partition coefficient (Wildman–Crippen LogP) is 3.12. The first-order valence-electron chi connectivity index (χ1n) is 5.96. The van der Waals surface area contributed by atoms with Crippen LogP contribution in [0.3, 0.4) is 0 Å². The molecule has 0 aliphatic carbocycles. The molecule has 2 rings (SSSR count). The van der Waals surface area contributed by atoms with E-state index >= 15 is 0 Å². The minimum absolute atomic E-state index is 0.0275. The first-order valence-corrected chi connectivity index (χ1v) is 5.96. The van der Waals surface area contributed by atoms with Crippen LogP contribution in [0.4, 0.5) is 5.69 Å². The van der Waals surface area contributed by atoms with E-state index in [1.807, 2.05) is 0 Å². The molecule has 0 N–H and O–H groups in total. The summed E-state index contributed by atoms with van der Waals surface area (Å²) in [5.74, 6) is -0.158. The number of para-hydroxylation sites is 1. The van der Waals surface area contributed by atoms with E-state index in [9.17, 15) is 14.9 Å². The van der Waals surface area contributed by atoms with Crippen molar-refractivity contribution in [1.29, 1.82) is 0 Å². The monoisotopic (exact) mass is 268 g/mol. The number of allylic oxidation sites excluding steroid dienone is 1. The fraction of sp³-hybridized carbons (Fsp3) is 0.0667. The second-order valence-electron chi connectivity index (χ2n) is 4.17. The minimum atomic E-state index is -0.462. The van der Waals surface area contributed by atoms with Crippen LogP contribution in [0.5, 0.6) is 0 Å². The van der Waals surface area contributed by atoms with Gasteiger partial charge in [-0.25, -0.2) is 0 Å². The smallest absolute Gasteiger partial charge is 0.276 e. The van der Waals surface area contributed by atoms with Gasteiger partial charge in [-0.15, -0.1) is 0 Å². The predicted molar refractivity (Wildman–Crippen MR) is 75.9 cm³/mol. The lowest BCUT2D eigenvalue weighted by Crippen LogP contribution is -1.97. The van der Waals surface area contributed by atoms with Crippen LogP contribution in [-0.2, 0) is 4.79 Å². The zero-order valence-electron chi connectivity index (χ0n) is 10.8. The van der Waals surface area contributed by atoms with E-state index in [0.29, 0.717) is 16.7 Å². The van der Waals surface area contributed by atoms with Crippen molar-refractivity contribution in [2.24, 2.45) is 0 Å². The van der Waals surface area contributed by atoms with Gasteiger partial charge in [-0.3, -0.25) is 19.9 Å². The third-order valence-corrected chi connectivity index (χ3v) is 2.80. The highest BCUT2D eigenvalue weighted by Crippen LogP contribution is 2.24. The quantitative estimate of drug-likeness (QED) is 0.485. The molecule has 0 bridgehead atoms. The minimum Gasteiger partial charge on any atom is -0.294 e. The summed E-state index contributed by atoms with van der Waals surface area (Å²) < 4.78 is 0. The SMILES string of the molecule is CC(=O)/C(=C/c1ccccc1[N+](=O)[O-])c1ccncc1. The number of nitro groups is 1. The van der Waals surface area contributed by atoms with E-state index in [4.69, 9.17) is 0 Å². The van der Waals surface area contributed by atoms with Gasteiger partial charge in [0.05, 0.1) is 10.5 Å². The molecule has 1 aromatic heterocycles. The third-order valence-electron chi connectivity index (χ3n) is 2.80. The first-order chi connectivity index (χ1) is 9.59. The molecule has 5 nitrogen and oxygen atoms in total. The summed E-state index contributed by atoms with van der Waals surface area (Å²) in [5, 5.41) is 11.0. The molecule has 100 valence electrons. The molecule has 0 fully saturated rings. The van der Waals surface area contributed by atoms with Gasteiger partial charge in [0.25, 0.3) is 5.69 Å². The van der Waals surface area contributed by atoms with Crippen LogP contribution in [0, 0.1) is 10.1 Å². The number of nitrogens with zero attached hydrogens (tertiary/aromatic N) is 2. The lowest BCUT2D eigenvalue weighted by Gasteiger charge is -2.04. The average Bonchev–Trinajstić information content (AvgIpc) is 2.45. The summed E-state index contributed by atoms with van der Waals surface area (Å²) >= 11 is 0. The summed E-state index contributed by atoms with van der Waals surface area (Å²) in [7, 11) is 0. The largest absolute Gasteiger partial charge is 0.294 e. The summed E-state index contributed by atoms with van der Waals surface area (Å²) in [5.41, 5.74) is 1.48.